The molecule has 0 amide bonds. The topological polar surface area (TPSA) is 0 Å². The van der Waals surface area contributed by atoms with Crippen molar-refractivity contribution in [3.8, 4) is 0 Å². The Hall–Kier alpha value is 0.0300. The largest absolute Gasteiger partial charge is 0.119 e. The van der Waals surface area contributed by atoms with Crippen LogP contribution in [-0.4, -0.2) is 5.38 Å². The SMILES string of the molecule is CCCCCCCC/C=C/C(C)Cl. The third-order valence-electron chi connectivity index (χ3n) is 2.13. The van der Waals surface area contributed by atoms with Crippen molar-refractivity contribution >= 4 is 11.6 Å². The van der Waals surface area contributed by atoms with E-state index in [0.717, 1.165) is 0 Å². The molecule has 0 aliphatic rings. The molecule has 78 valence electrons. The second kappa shape index (κ2) is 10.1. The first-order valence-electron chi connectivity index (χ1n) is 5.58. The molecule has 0 aliphatic heterocycles. The fourth-order valence-corrected chi connectivity index (χ4v) is 1.43. The number of alkyl halides is 1. The first kappa shape index (κ1) is 13.0. The van der Waals surface area contributed by atoms with Crippen LogP contribution in [0.1, 0.15) is 58.8 Å². The van der Waals surface area contributed by atoms with Crippen LogP contribution in [0.5, 0.6) is 0 Å². The molecule has 0 fully saturated rings. The molecule has 0 spiro atoms. The average Bonchev–Trinajstić information content (AvgIpc) is 2.09. The Bertz CT molecular complexity index is 116. The van der Waals surface area contributed by atoms with Gasteiger partial charge >= 0.3 is 0 Å². The number of hydrogen-bond donors (Lipinski definition) is 0. The van der Waals surface area contributed by atoms with E-state index in [1.165, 1.54) is 44.9 Å². The van der Waals surface area contributed by atoms with E-state index in [2.05, 4.69) is 19.1 Å². The second-order valence-corrected chi connectivity index (χ2v) is 4.35. The highest BCUT2D eigenvalue weighted by molar-refractivity contribution is 6.21. The summed E-state index contributed by atoms with van der Waals surface area (Å²) in [7, 11) is 0. The summed E-state index contributed by atoms with van der Waals surface area (Å²) in [5.41, 5.74) is 0. The lowest BCUT2D eigenvalue weighted by Gasteiger charge is -1.97. The number of allylic oxidation sites excluding steroid dienone is 2. The van der Waals surface area contributed by atoms with Gasteiger partial charge in [0.25, 0.3) is 0 Å². The number of halogens is 1. The predicted octanol–water partition coefficient (Wildman–Crippen LogP) is 4.92. The Balaban J connectivity index is 2.99. The first-order valence-corrected chi connectivity index (χ1v) is 6.01. The van der Waals surface area contributed by atoms with Gasteiger partial charge in [-0.2, -0.15) is 0 Å². The van der Waals surface area contributed by atoms with E-state index in [1.54, 1.807) is 0 Å². The van der Waals surface area contributed by atoms with Crippen LogP contribution >= 0.6 is 11.6 Å². The molecule has 0 rings (SSSR count). The van der Waals surface area contributed by atoms with Crippen molar-refractivity contribution in [2.75, 3.05) is 0 Å². The summed E-state index contributed by atoms with van der Waals surface area (Å²) in [5, 5.41) is 0.195. The lowest BCUT2D eigenvalue weighted by Crippen LogP contribution is -1.81. The van der Waals surface area contributed by atoms with E-state index in [-0.39, 0.29) is 5.38 Å². The summed E-state index contributed by atoms with van der Waals surface area (Å²) in [6.45, 7) is 4.25. The van der Waals surface area contributed by atoms with Gasteiger partial charge < -0.3 is 0 Å². The van der Waals surface area contributed by atoms with Crippen LogP contribution in [0.25, 0.3) is 0 Å². The van der Waals surface area contributed by atoms with Crippen LogP contribution in [0.3, 0.4) is 0 Å². The van der Waals surface area contributed by atoms with Crippen LogP contribution in [0.2, 0.25) is 0 Å². The molecule has 0 bridgehead atoms. The highest BCUT2D eigenvalue weighted by atomic mass is 35.5. The van der Waals surface area contributed by atoms with E-state index in [4.69, 9.17) is 11.6 Å². The average molecular weight is 203 g/mol. The maximum absolute atomic E-state index is 5.77. The van der Waals surface area contributed by atoms with Gasteiger partial charge in [0.1, 0.15) is 0 Å². The summed E-state index contributed by atoms with van der Waals surface area (Å²) in [5.74, 6) is 0. The molecule has 0 saturated heterocycles. The zero-order valence-electron chi connectivity index (χ0n) is 9.06. The van der Waals surface area contributed by atoms with Crippen LogP contribution in [-0.2, 0) is 0 Å². The molecule has 0 radical (unpaired) electrons. The molecule has 0 nitrogen and oxygen atoms in total. The van der Waals surface area contributed by atoms with Gasteiger partial charge in [0, 0.05) is 5.38 Å². The summed E-state index contributed by atoms with van der Waals surface area (Å²) in [6.07, 6.45) is 13.7. The zero-order valence-corrected chi connectivity index (χ0v) is 9.82. The van der Waals surface area contributed by atoms with Crippen LogP contribution in [0.15, 0.2) is 12.2 Å². The molecule has 0 aromatic rings. The standard InChI is InChI=1S/C12H23Cl/c1-3-4-5-6-7-8-9-10-11-12(2)13/h10-12H,3-9H2,1-2H3/b11-10+. The normalized spacial score (nSPS) is 13.8. The molecule has 1 unspecified atom stereocenters. The lowest BCUT2D eigenvalue weighted by molar-refractivity contribution is 0.611. The minimum absolute atomic E-state index is 0.195. The Morgan fingerprint density at radius 3 is 2.31 bits per heavy atom. The van der Waals surface area contributed by atoms with E-state index in [1.807, 2.05) is 6.92 Å². The number of unbranched alkanes of at least 4 members (excludes halogenated alkanes) is 6. The van der Waals surface area contributed by atoms with Crippen molar-refractivity contribution in [2.24, 2.45) is 0 Å². The third-order valence-corrected chi connectivity index (χ3v) is 2.27. The van der Waals surface area contributed by atoms with Gasteiger partial charge in [0.15, 0.2) is 0 Å². The monoisotopic (exact) mass is 202 g/mol. The van der Waals surface area contributed by atoms with Crippen molar-refractivity contribution in [3.63, 3.8) is 0 Å². The molecule has 0 heterocycles. The van der Waals surface area contributed by atoms with Crippen molar-refractivity contribution < 1.29 is 0 Å². The Kier molecular flexibility index (Phi) is 10.1. The van der Waals surface area contributed by atoms with E-state index in [9.17, 15) is 0 Å². The number of rotatable bonds is 8. The third kappa shape index (κ3) is 12.0. The predicted molar refractivity (Wildman–Crippen MR) is 62.4 cm³/mol. The Morgan fingerprint density at radius 1 is 1.08 bits per heavy atom. The van der Waals surface area contributed by atoms with Crippen molar-refractivity contribution in [1.29, 1.82) is 0 Å². The molecule has 1 atom stereocenters. The second-order valence-electron chi connectivity index (χ2n) is 3.66. The number of hydrogen-bond acceptors (Lipinski definition) is 0. The molecule has 0 N–H and O–H groups in total. The lowest BCUT2D eigenvalue weighted by atomic mass is 10.1. The summed E-state index contributed by atoms with van der Waals surface area (Å²) in [4.78, 5) is 0. The van der Waals surface area contributed by atoms with E-state index >= 15 is 0 Å². The molecule has 0 aromatic heterocycles. The van der Waals surface area contributed by atoms with Gasteiger partial charge in [-0.05, 0) is 19.8 Å². The highest BCUT2D eigenvalue weighted by Crippen LogP contribution is 2.07. The Morgan fingerprint density at radius 2 is 1.69 bits per heavy atom. The smallest absolute Gasteiger partial charge is 0.0487 e. The van der Waals surface area contributed by atoms with Gasteiger partial charge in [-0.1, -0.05) is 51.2 Å². The van der Waals surface area contributed by atoms with E-state index in [0.29, 0.717) is 0 Å². The van der Waals surface area contributed by atoms with Gasteiger partial charge in [-0.15, -0.1) is 11.6 Å². The van der Waals surface area contributed by atoms with Crippen LogP contribution in [0, 0.1) is 0 Å². The van der Waals surface area contributed by atoms with Crippen molar-refractivity contribution in [1.82, 2.24) is 0 Å². The van der Waals surface area contributed by atoms with E-state index < -0.39 is 0 Å². The summed E-state index contributed by atoms with van der Waals surface area (Å²) in [6, 6.07) is 0. The maximum atomic E-state index is 5.77. The quantitative estimate of drug-likeness (QED) is 0.298. The molecular weight excluding hydrogens is 180 g/mol. The molecule has 1 heteroatoms. The first-order chi connectivity index (χ1) is 6.27. The summed E-state index contributed by atoms with van der Waals surface area (Å²) >= 11 is 5.77. The molecule has 13 heavy (non-hydrogen) atoms. The van der Waals surface area contributed by atoms with Crippen molar-refractivity contribution in [2.45, 2.75) is 64.2 Å². The summed E-state index contributed by atoms with van der Waals surface area (Å²) < 4.78 is 0. The van der Waals surface area contributed by atoms with Gasteiger partial charge in [0.05, 0.1) is 0 Å². The fourth-order valence-electron chi connectivity index (χ4n) is 1.33. The highest BCUT2D eigenvalue weighted by Gasteiger charge is 1.89. The molecule has 0 saturated carbocycles. The van der Waals surface area contributed by atoms with Crippen molar-refractivity contribution in [3.05, 3.63) is 12.2 Å². The zero-order chi connectivity index (χ0) is 9.94. The van der Waals surface area contributed by atoms with Crippen LogP contribution < -0.4 is 0 Å². The van der Waals surface area contributed by atoms with Crippen LogP contribution in [0.4, 0.5) is 0 Å². The Labute approximate surface area is 88.4 Å². The molecule has 0 aliphatic carbocycles. The molecule has 0 aromatic carbocycles. The molecular formula is C12H23Cl. The maximum Gasteiger partial charge on any atom is 0.0487 e. The van der Waals surface area contributed by atoms with Gasteiger partial charge in [0.2, 0.25) is 0 Å². The minimum Gasteiger partial charge on any atom is -0.119 e. The fraction of sp³-hybridized carbons (Fsp3) is 0.833. The van der Waals surface area contributed by atoms with Gasteiger partial charge in [-0.25, -0.2) is 0 Å². The minimum atomic E-state index is 0.195. The van der Waals surface area contributed by atoms with Gasteiger partial charge in [-0.3, -0.25) is 0 Å².